The summed E-state index contributed by atoms with van der Waals surface area (Å²) in [5, 5.41) is 21.3. The van der Waals surface area contributed by atoms with Crippen molar-refractivity contribution in [1.82, 2.24) is 14.9 Å². The van der Waals surface area contributed by atoms with Crippen LogP contribution in [0.1, 0.15) is 24.7 Å². The maximum Gasteiger partial charge on any atom is 0.216 e. The van der Waals surface area contributed by atoms with E-state index >= 15 is 0 Å². The molecule has 1 aromatic carbocycles. The zero-order chi connectivity index (χ0) is 13.8. The lowest BCUT2D eigenvalue weighted by atomic mass is 10.2. The number of nitrogens with one attached hydrogen (secondary N) is 1. The van der Waals surface area contributed by atoms with Crippen LogP contribution in [0, 0.1) is 4.77 Å². The molecule has 0 amide bonds. The first kappa shape index (κ1) is 13.8. The van der Waals surface area contributed by atoms with Crippen LogP contribution in [0.5, 0.6) is 5.75 Å². The van der Waals surface area contributed by atoms with Gasteiger partial charge in [-0.15, -0.1) is 0 Å². The van der Waals surface area contributed by atoms with Crippen LogP contribution in [0.2, 0.25) is 5.02 Å². The van der Waals surface area contributed by atoms with E-state index < -0.39 is 0 Å². The van der Waals surface area contributed by atoms with E-state index in [0.29, 0.717) is 15.4 Å². The Hall–Kier alpha value is -1.66. The second kappa shape index (κ2) is 5.99. The van der Waals surface area contributed by atoms with Gasteiger partial charge >= 0.3 is 0 Å². The number of H-pyrrole nitrogens is 1. The molecule has 0 saturated carbocycles. The van der Waals surface area contributed by atoms with Gasteiger partial charge in [0.25, 0.3) is 0 Å². The summed E-state index contributed by atoms with van der Waals surface area (Å²) in [6, 6.07) is 4.76. The van der Waals surface area contributed by atoms with Gasteiger partial charge in [-0.05, 0) is 36.8 Å². The van der Waals surface area contributed by atoms with Crippen molar-refractivity contribution >= 4 is 30.0 Å². The summed E-state index contributed by atoms with van der Waals surface area (Å²) in [5.41, 5.74) is 0.526. The Bertz CT molecular complexity index is 662. The van der Waals surface area contributed by atoms with Crippen LogP contribution in [0.3, 0.4) is 0 Å². The molecule has 1 aromatic heterocycles. The molecule has 0 radical (unpaired) electrons. The Balaban J connectivity index is 2.35. The molecule has 100 valence electrons. The first-order chi connectivity index (χ1) is 9.11. The molecule has 0 aliphatic heterocycles. The number of rotatable bonds is 4. The van der Waals surface area contributed by atoms with E-state index in [2.05, 4.69) is 22.2 Å². The number of halogens is 1. The van der Waals surface area contributed by atoms with Gasteiger partial charge in [-0.2, -0.15) is 14.9 Å². The molecule has 0 saturated heterocycles. The minimum Gasteiger partial charge on any atom is -0.507 e. The van der Waals surface area contributed by atoms with Gasteiger partial charge in [-0.25, -0.2) is 0 Å². The van der Waals surface area contributed by atoms with Crippen LogP contribution < -0.4 is 0 Å². The fourth-order valence-corrected chi connectivity index (χ4v) is 1.96. The SMILES string of the molecule is CCCc1n[nH]c(=S)n1/N=C/c1cc(Cl)ccc1O. The van der Waals surface area contributed by atoms with E-state index in [1.54, 1.807) is 16.8 Å². The molecule has 0 aliphatic carbocycles. The van der Waals surface area contributed by atoms with E-state index in [1.807, 2.05) is 0 Å². The molecular formula is C12H13ClN4OS. The fourth-order valence-electron chi connectivity index (χ4n) is 1.58. The van der Waals surface area contributed by atoms with Crippen LogP contribution in [-0.4, -0.2) is 26.2 Å². The van der Waals surface area contributed by atoms with Crippen molar-refractivity contribution < 1.29 is 5.11 Å². The summed E-state index contributed by atoms with van der Waals surface area (Å²) in [6.07, 6.45) is 3.22. The number of phenols is 1. The third-order valence-electron chi connectivity index (χ3n) is 2.49. The highest BCUT2D eigenvalue weighted by Crippen LogP contribution is 2.19. The highest BCUT2D eigenvalue weighted by molar-refractivity contribution is 7.71. The monoisotopic (exact) mass is 296 g/mol. The third-order valence-corrected chi connectivity index (χ3v) is 2.99. The van der Waals surface area contributed by atoms with Crippen molar-refractivity contribution in [2.75, 3.05) is 0 Å². The maximum atomic E-state index is 9.70. The highest BCUT2D eigenvalue weighted by Gasteiger charge is 2.04. The van der Waals surface area contributed by atoms with Gasteiger partial charge in [-0.1, -0.05) is 18.5 Å². The van der Waals surface area contributed by atoms with Crippen LogP contribution in [-0.2, 0) is 6.42 Å². The number of aromatic amines is 1. The number of hydrogen-bond donors (Lipinski definition) is 2. The van der Waals surface area contributed by atoms with E-state index in [-0.39, 0.29) is 5.75 Å². The molecule has 0 fully saturated rings. The largest absolute Gasteiger partial charge is 0.507 e. The third kappa shape index (κ3) is 3.21. The predicted molar refractivity (Wildman–Crippen MR) is 77.5 cm³/mol. The molecule has 2 N–H and O–H groups in total. The van der Waals surface area contributed by atoms with Gasteiger partial charge in [-0.3, -0.25) is 5.10 Å². The molecule has 2 rings (SSSR count). The molecule has 19 heavy (non-hydrogen) atoms. The van der Waals surface area contributed by atoms with E-state index in [4.69, 9.17) is 23.8 Å². The summed E-state index contributed by atoms with van der Waals surface area (Å²) < 4.78 is 1.96. The lowest BCUT2D eigenvalue weighted by Crippen LogP contribution is -1.98. The summed E-state index contributed by atoms with van der Waals surface area (Å²) in [7, 11) is 0. The van der Waals surface area contributed by atoms with Crippen LogP contribution >= 0.6 is 23.8 Å². The zero-order valence-electron chi connectivity index (χ0n) is 10.3. The van der Waals surface area contributed by atoms with Crippen molar-refractivity contribution in [1.29, 1.82) is 0 Å². The Morgan fingerprint density at radius 3 is 3.11 bits per heavy atom. The standard InChI is InChI=1S/C12H13ClN4OS/c1-2-3-11-15-16-12(19)17(11)14-7-8-6-9(13)4-5-10(8)18/h4-7,18H,2-3H2,1H3,(H,16,19)/b14-7+. The maximum absolute atomic E-state index is 9.70. The summed E-state index contributed by atoms with van der Waals surface area (Å²) >= 11 is 11.0. The first-order valence-electron chi connectivity index (χ1n) is 5.81. The van der Waals surface area contributed by atoms with Crippen LogP contribution in [0.15, 0.2) is 23.3 Å². The summed E-state index contributed by atoms with van der Waals surface area (Å²) in [4.78, 5) is 0. The predicted octanol–water partition coefficient (Wildman–Crippen LogP) is 3.13. The Kier molecular flexibility index (Phi) is 4.34. The van der Waals surface area contributed by atoms with Crippen LogP contribution in [0.4, 0.5) is 0 Å². The van der Waals surface area contributed by atoms with Gasteiger partial charge in [0.1, 0.15) is 5.75 Å². The van der Waals surface area contributed by atoms with Gasteiger partial charge in [0.2, 0.25) is 4.77 Å². The van der Waals surface area contributed by atoms with Gasteiger partial charge in [0.15, 0.2) is 5.82 Å². The fraction of sp³-hybridized carbons (Fsp3) is 0.250. The second-order valence-electron chi connectivity index (χ2n) is 3.95. The smallest absolute Gasteiger partial charge is 0.216 e. The number of phenolic OH excluding ortho intramolecular Hbond substituents is 1. The van der Waals surface area contributed by atoms with Crippen molar-refractivity contribution in [3.05, 3.63) is 39.4 Å². The number of aromatic nitrogens is 3. The molecule has 0 unspecified atom stereocenters. The molecule has 0 aliphatic rings. The van der Waals surface area contributed by atoms with Crippen molar-refractivity contribution in [2.45, 2.75) is 19.8 Å². The number of aromatic hydroxyl groups is 1. The number of hydrogen-bond acceptors (Lipinski definition) is 4. The number of aryl methyl sites for hydroxylation is 1. The van der Waals surface area contributed by atoms with Gasteiger partial charge in [0.05, 0.1) is 6.21 Å². The molecule has 0 spiro atoms. The zero-order valence-corrected chi connectivity index (χ0v) is 11.9. The molecular weight excluding hydrogens is 284 g/mol. The van der Waals surface area contributed by atoms with E-state index in [0.717, 1.165) is 18.7 Å². The molecule has 0 bridgehead atoms. The van der Waals surface area contributed by atoms with E-state index in [9.17, 15) is 5.11 Å². The molecule has 7 heteroatoms. The van der Waals surface area contributed by atoms with Crippen molar-refractivity contribution in [2.24, 2.45) is 5.10 Å². The van der Waals surface area contributed by atoms with E-state index in [1.165, 1.54) is 12.3 Å². The molecule has 0 atom stereocenters. The first-order valence-corrected chi connectivity index (χ1v) is 6.59. The quantitative estimate of drug-likeness (QED) is 0.673. The van der Waals surface area contributed by atoms with Gasteiger partial charge < -0.3 is 5.11 Å². The number of nitrogens with zero attached hydrogens (tertiary/aromatic N) is 3. The number of benzene rings is 1. The molecule has 1 heterocycles. The highest BCUT2D eigenvalue weighted by atomic mass is 35.5. The minimum absolute atomic E-state index is 0.111. The lowest BCUT2D eigenvalue weighted by Gasteiger charge is -2.00. The Morgan fingerprint density at radius 2 is 2.37 bits per heavy atom. The molecule has 2 aromatic rings. The van der Waals surface area contributed by atoms with Crippen molar-refractivity contribution in [3.63, 3.8) is 0 Å². The van der Waals surface area contributed by atoms with Gasteiger partial charge in [0, 0.05) is 17.0 Å². The average molecular weight is 297 g/mol. The normalized spacial score (nSPS) is 11.3. The average Bonchev–Trinajstić information content (AvgIpc) is 2.72. The molecule has 5 nitrogen and oxygen atoms in total. The van der Waals surface area contributed by atoms with Crippen molar-refractivity contribution in [3.8, 4) is 5.75 Å². The second-order valence-corrected chi connectivity index (χ2v) is 4.78. The summed E-state index contributed by atoms with van der Waals surface area (Å²) in [5.74, 6) is 0.866. The topological polar surface area (TPSA) is 66.2 Å². The Morgan fingerprint density at radius 1 is 1.58 bits per heavy atom. The minimum atomic E-state index is 0.111. The van der Waals surface area contributed by atoms with Crippen LogP contribution in [0.25, 0.3) is 0 Å². The summed E-state index contributed by atoms with van der Waals surface area (Å²) in [6.45, 7) is 2.05. The lowest BCUT2D eigenvalue weighted by molar-refractivity contribution is 0.474. The Labute approximate surface area is 120 Å².